The molecule has 4 rings (SSSR count). The SMILES string of the molecule is COC1CNc2nc(ncc2Cl)Nc2c(nn(C3CCC(C(F)(F)F)CC3)c2C)OC1. The van der Waals surface area contributed by atoms with E-state index in [2.05, 4.69) is 25.7 Å². The van der Waals surface area contributed by atoms with Crippen molar-refractivity contribution in [3.05, 3.63) is 16.9 Å². The second-order valence-electron chi connectivity index (χ2n) is 7.82. The summed E-state index contributed by atoms with van der Waals surface area (Å²) in [5.41, 5.74) is 1.31. The fraction of sp³-hybridized carbons (Fsp3) is 0.632. The predicted octanol–water partition coefficient (Wildman–Crippen LogP) is 4.49. The number of anilines is 3. The van der Waals surface area contributed by atoms with Gasteiger partial charge < -0.3 is 20.1 Å². The van der Waals surface area contributed by atoms with Crippen LogP contribution in [0.15, 0.2) is 6.20 Å². The molecule has 2 aliphatic rings. The van der Waals surface area contributed by atoms with Gasteiger partial charge in [-0.25, -0.2) is 4.98 Å². The third-order valence-corrected chi connectivity index (χ3v) is 6.12. The van der Waals surface area contributed by atoms with E-state index in [1.165, 1.54) is 6.20 Å². The van der Waals surface area contributed by atoms with Crippen LogP contribution >= 0.6 is 11.6 Å². The Balaban J connectivity index is 1.63. The highest BCUT2D eigenvalue weighted by Crippen LogP contribution is 2.43. The van der Waals surface area contributed by atoms with Crippen molar-refractivity contribution in [1.82, 2.24) is 19.7 Å². The van der Waals surface area contributed by atoms with Crippen molar-refractivity contribution in [1.29, 1.82) is 0 Å². The lowest BCUT2D eigenvalue weighted by Gasteiger charge is -2.30. The predicted molar refractivity (Wildman–Crippen MR) is 109 cm³/mol. The normalized spacial score (nSPS) is 24.3. The number of alkyl halides is 3. The molecule has 0 aromatic carbocycles. The van der Waals surface area contributed by atoms with Crippen LogP contribution in [0.2, 0.25) is 5.02 Å². The minimum Gasteiger partial charge on any atom is -0.472 e. The summed E-state index contributed by atoms with van der Waals surface area (Å²) in [7, 11) is 1.57. The van der Waals surface area contributed by atoms with Gasteiger partial charge in [0.05, 0.1) is 23.9 Å². The van der Waals surface area contributed by atoms with E-state index < -0.39 is 12.1 Å². The van der Waals surface area contributed by atoms with Crippen molar-refractivity contribution in [2.75, 3.05) is 30.9 Å². The number of aromatic nitrogens is 4. The van der Waals surface area contributed by atoms with E-state index in [1.807, 2.05) is 6.92 Å². The van der Waals surface area contributed by atoms with Crippen LogP contribution in [0.3, 0.4) is 0 Å². The van der Waals surface area contributed by atoms with E-state index >= 15 is 0 Å². The average Bonchev–Trinajstić information content (AvgIpc) is 3.03. The Kier molecular flexibility index (Phi) is 6.16. The smallest absolute Gasteiger partial charge is 0.391 e. The summed E-state index contributed by atoms with van der Waals surface area (Å²) in [6.45, 7) is 2.47. The Bertz CT molecular complexity index is 930. The van der Waals surface area contributed by atoms with Gasteiger partial charge in [-0.05, 0) is 32.6 Å². The Morgan fingerprint density at radius 1 is 1.26 bits per heavy atom. The summed E-state index contributed by atoms with van der Waals surface area (Å²) in [5, 5.41) is 11.2. The van der Waals surface area contributed by atoms with Crippen LogP contribution in [-0.2, 0) is 4.74 Å². The molecule has 0 amide bonds. The lowest BCUT2D eigenvalue weighted by molar-refractivity contribution is -0.183. The van der Waals surface area contributed by atoms with Crippen molar-refractivity contribution in [3.8, 4) is 5.88 Å². The van der Waals surface area contributed by atoms with Crippen LogP contribution in [0.25, 0.3) is 0 Å². The van der Waals surface area contributed by atoms with Gasteiger partial charge in [-0.2, -0.15) is 18.2 Å². The minimum atomic E-state index is -4.15. The van der Waals surface area contributed by atoms with E-state index in [0.717, 1.165) is 5.69 Å². The molecule has 31 heavy (non-hydrogen) atoms. The van der Waals surface area contributed by atoms with Crippen molar-refractivity contribution in [2.45, 2.75) is 50.9 Å². The number of ether oxygens (including phenoxy) is 2. The van der Waals surface area contributed by atoms with Gasteiger partial charge in [-0.1, -0.05) is 11.6 Å². The molecule has 1 saturated carbocycles. The first-order chi connectivity index (χ1) is 14.8. The van der Waals surface area contributed by atoms with E-state index in [-0.39, 0.29) is 31.6 Å². The van der Waals surface area contributed by atoms with Crippen LogP contribution in [0.4, 0.5) is 30.6 Å². The average molecular weight is 461 g/mol. The summed E-state index contributed by atoms with van der Waals surface area (Å²) in [4.78, 5) is 8.61. The van der Waals surface area contributed by atoms with Crippen molar-refractivity contribution >= 4 is 29.1 Å². The number of hydrogen-bond donors (Lipinski definition) is 2. The standard InChI is InChI=1S/C19H24ClF3N6O2/c1-10-15-17(28-29(10)12-5-3-11(4-6-12)19(21,22)23)31-9-13(30-2)7-24-16-14(20)8-25-18(26-15)27-16/h8,11-13H,3-7,9H2,1-2H3,(H2,24,25,26,27). The summed E-state index contributed by atoms with van der Waals surface area (Å²) in [5.74, 6) is -0.155. The van der Waals surface area contributed by atoms with E-state index in [1.54, 1.807) is 11.8 Å². The fourth-order valence-electron chi connectivity index (χ4n) is 4.00. The van der Waals surface area contributed by atoms with Gasteiger partial charge in [0.25, 0.3) is 5.88 Å². The first kappa shape index (κ1) is 21.9. The molecule has 1 fully saturated rings. The number of methoxy groups -OCH3 is 1. The molecule has 2 N–H and O–H groups in total. The molecule has 170 valence electrons. The molecular formula is C19H24ClF3N6O2. The molecule has 1 unspecified atom stereocenters. The Hall–Kier alpha value is -2.27. The van der Waals surface area contributed by atoms with Crippen LogP contribution in [0.1, 0.15) is 37.4 Å². The number of nitrogens with one attached hydrogen (secondary N) is 2. The van der Waals surface area contributed by atoms with Gasteiger partial charge >= 0.3 is 6.18 Å². The highest BCUT2D eigenvalue weighted by atomic mass is 35.5. The van der Waals surface area contributed by atoms with Gasteiger partial charge in [0, 0.05) is 13.7 Å². The molecule has 0 radical (unpaired) electrons. The number of rotatable bonds is 2. The topological polar surface area (TPSA) is 86.1 Å². The minimum absolute atomic E-state index is 0.0908. The third-order valence-electron chi connectivity index (χ3n) is 5.84. The highest BCUT2D eigenvalue weighted by Gasteiger charge is 2.42. The molecule has 2 aromatic heterocycles. The summed E-state index contributed by atoms with van der Waals surface area (Å²) in [6, 6.07) is -0.133. The van der Waals surface area contributed by atoms with Gasteiger partial charge in [0.1, 0.15) is 23.4 Å². The largest absolute Gasteiger partial charge is 0.472 e. The molecule has 2 aromatic rings. The molecule has 1 aliphatic heterocycles. The molecule has 3 heterocycles. The Morgan fingerprint density at radius 2 is 2.00 bits per heavy atom. The van der Waals surface area contributed by atoms with Crippen LogP contribution in [0, 0.1) is 12.8 Å². The molecule has 0 spiro atoms. The molecule has 1 aliphatic carbocycles. The first-order valence-electron chi connectivity index (χ1n) is 10.1. The van der Waals surface area contributed by atoms with Gasteiger partial charge in [0.2, 0.25) is 5.95 Å². The Labute approximate surface area is 182 Å². The molecule has 2 bridgehead atoms. The van der Waals surface area contributed by atoms with Gasteiger partial charge in [-0.15, -0.1) is 5.10 Å². The molecular weight excluding hydrogens is 437 g/mol. The van der Waals surface area contributed by atoms with E-state index in [9.17, 15) is 13.2 Å². The number of halogens is 4. The monoisotopic (exact) mass is 460 g/mol. The number of fused-ring (bicyclic) bond motifs is 3. The van der Waals surface area contributed by atoms with E-state index in [0.29, 0.717) is 47.7 Å². The summed E-state index contributed by atoms with van der Waals surface area (Å²) in [6.07, 6.45) is -1.98. The maximum atomic E-state index is 13.0. The first-order valence-corrected chi connectivity index (χ1v) is 10.5. The number of nitrogens with zero attached hydrogens (tertiary/aromatic N) is 4. The zero-order valence-corrected chi connectivity index (χ0v) is 17.9. The zero-order valence-electron chi connectivity index (χ0n) is 17.2. The van der Waals surface area contributed by atoms with Crippen LogP contribution in [-0.4, -0.2) is 52.3 Å². The third kappa shape index (κ3) is 4.67. The second-order valence-corrected chi connectivity index (χ2v) is 8.23. The van der Waals surface area contributed by atoms with Crippen LogP contribution in [0.5, 0.6) is 5.88 Å². The molecule has 0 saturated heterocycles. The second kappa shape index (κ2) is 8.70. The number of hydrogen-bond acceptors (Lipinski definition) is 7. The lowest BCUT2D eigenvalue weighted by Crippen LogP contribution is -2.29. The summed E-state index contributed by atoms with van der Waals surface area (Å²) < 4.78 is 52.3. The van der Waals surface area contributed by atoms with Crippen molar-refractivity contribution < 1.29 is 22.6 Å². The zero-order chi connectivity index (χ0) is 22.2. The fourth-order valence-corrected chi connectivity index (χ4v) is 4.15. The van der Waals surface area contributed by atoms with E-state index in [4.69, 9.17) is 21.1 Å². The molecule has 8 nitrogen and oxygen atoms in total. The molecule has 1 atom stereocenters. The summed E-state index contributed by atoms with van der Waals surface area (Å²) >= 11 is 6.18. The molecule has 12 heteroatoms. The van der Waals surface area contributed by atoms with Crippen molar-refractivity contribution in [2.24, 2.45) is 5.92 Å². The van der Waals surface area contributed by atoms with Crippen molar-refractivity contribution in [3.63, 3.8) is 0 Å². The highest BCUT2D eigenvalue weighted by molar-refractivity contribution is 6.32. The maximum absolute atomic E-state index is 13.0. The van der Waals surface area contributed by atoms with Gasteiger partial charge in [0.15, 0.2) is 5.82 Å². The van der Waals surface area contributed by atoms with Gasteiger partial charge in [-0.3, -0.25) is 4.68 Å². The maximum Gasteiger partial charge on any atom is 0.391 e. The van der Waals surface area contributed by atoms with Crippen LogP contribution < -0.4 is 15.4 Å². The quantitative estimate of drug-likeness (QED) is 0.682. The Morgan fingerprint density at radius 3 is 2.68 bits per heavy atom. The lowest BCUT2D eigenvalue weighted by atomic mass is 9.85.